The third-order valence-electron chi connectivity index (χ3n) is 5.70. The Morgan fingerprint density at radius 2 is 1.91 bits per heavy atom. The van der Waals surface area contributed by atoms with Crippen LogP contribution in [0.1, 0.15) is 38.1 Å². The molecule has 0 saturated carbocycles. The number of fused-ring (bicyclic) bond motifs is 2. The molecule has 2 amide bonds. The minimum Gasteiger partial charge on any atom is -0.489 e. The van der Waals surface area contributed by atoms with Crippen LogP contribution in [0.4, 0.5) is 10.6 Å². The van der Waals surface area contributed by atoms with Crippen LogP contribution in [-0.2, 0) is 9.47 Å². The molecule has 3 aliphatic rings. The van der Waals surface area contributed by atoms with Gasteiger partial charge in [-0.1, -0.05) is 23.2 Å². The molecule has 0 radical (unpaired) electrons. The van der Waals surface area contributed by atoms with Crippen LogP contribution < -0.4 is 9.64 Å². The number of anilines is 1. The molecule has 176 valence electrons. The SMILES string of the molecule is C[C@@H]1COCCN1c1nc(Cl)c(Cl)c2c1C(=O)N1CCN(C(=O)OC(C)(C)C)C[C@@H]1CO2. The van der Waals surface area contributed by atoms with Gasteiger partial charge in [-0.05, 0) is 27.7 Å². The van der Waals surface area contributed by atoms with E-state index < -0.39 is 11.7 Å². The van der Waals surface area contributed by atoms with E-state index in [1.807, 2.05) is 32.6 Å². The van der Waals surface area contributed by atoms with Crippen molar-refractivity contribution in [3.05, 3.63) is 15.7 Å². The molecular weight excluding hydrogens is 459 g/mol. The van der Waals surface area contributed by atoms with Gasteiger partial charge in [0.05, 0.1) is 25.3 Å². The smallest absolute Gasteiger partial charge is 0.410 e. The van der Waals surface area contributed by atoms with E-state index in [4.69, 9.17) is 37.4 Å². The Labute approximate surface area is 197 Å². The fourth-order valence-electron chi connectivity index (χ4n) is 4.16. The number of aromatic nitrogens is 1. The number of carbonyl (C=O) groups is 2. The van der Waals surface area contributed by atoms with Crippen LogP contribution in [0.2, 0.25) is 10.2 Å². The number of rotatable bonds is 1. The van der Waals surface area contributed by atoms with Crippen molar-refractivity contribution in [1.29, 1.82) is 0 Å². The number of ether oxygens (including phenoxy) is 3. The van der Waals surface area contributed by atoms with Crippen molar-refractivity contribution in [1.82, 2.24) is 14.8 Å². The predicted octanol–water partition coefficient (Wildman–Crippen LogP) is 3.07. The summed E-state index contributed by atoms with van der Waals surface area (Å²) in [5, 5.41) is 0.200. The number of halogens is 2. The summed E-state index contributed by atoms with van der Waals surface area (Å²) in [4.78, 5) is 36.1. The van der Waals surface area contributed by atoms with Gasteiger partial charge >= 0.3 is 6.09 Å². The summed E-state index contributed by atoms with van der Waals surface area (Å²) in [7, 11) is 0. The van der Waals surface area contributed by atoms with Crippen molar-refractivity contribution in [2.75, 3.05) is 50.9 Å². The molecule has 2 atom stereocenters. The van der Waals surface area contributed by atoms with Crippen molar-refractivity contribution in [2.45, 2.75) is 45.4 Å². The Morgan fingerprint density at radius 3 is 2.59 bits per heavy atom. The van der Waals surface area contributed by atoms with Gasteiger partial charge in [0.2, 0.25) is 0 Å². The minimum absolute atomic E-state index is 0.00783. The first-order chi connectivity index (χ1) is 15.1. The highest BCUT2D eigenvalue weighted by Crippen LogP contribution is 2.42. The summed E-state index contributed by atoms with van der Waals surface area (Å²) in [6, 6.07) is -0.338. The predicted molar refractivity (Wildman–Crippen MR) is 120 cm³/mol. The standard InChI is InChI=1S/C21H28Cl2N4O5/c1-12-10-30-8-7-26(12)18-14-16(15(22)17(23)24-18)31-11-13-9-25(5-6-27(13)19(14)28)20(29)32-21(2,3)4/h12-13H,5-11H2,1-4H3/t12-,13-/m1/s1. The monoisotopic (exact) mass is 486 g/mol. The van der Waals surface area contributed by atoms with E-state index in [0.717, 1.165) is 0 Å². The molecule has 0 bridgehead atoms. The Bertz CT molecular complexity index is 922. The summed E-state index contributed by atoms with van der Waals surface area (Å²) >= 11 is 12.8. The lowest BCUT2D eigenvalue weighted by Crippen LogP contribution is -2.58. The lowest BCUT2D eigenvalue weighted by molar-refractivity contribution is 0.000950. The quantitative estimate of drug-likeness (QED) is 0.563. The second-order valence-corrected chi connectivity index (χ2v) is 9.99. The molecule has 0 N–H and O–H groups in total. The number of hydrogen-bond donors (Lipinski definition) is 0. The third-order valence-corrected chi connectivity index (χ3v) is 6.42. The Balaban J connectivity index is 1.65. The third kappa shape index (κ3) is 4.43. The summed E-state index contributed by atoms with van der Waals surface area (Å²) in [6.07, 6.45) is -0.406. The normalized spacial score (nSPS) is 23.8. The highest BCUT2D eigenvalue weighted by molar-refractivity contribution is 6.42. The van der Waals surface area contributed by atoms with Crippen LogP contribution in [0.15, 0.2) is 0 Å². The summed E-state index contributed by atoms with van der Waals surface area (Å²) in [5.41, 5.74) is -0.290. The first-order valence-electron chi connectivity index (χ1n) is 10.7. The summed E-state index contributed by atoms with van der Waals surface area (Å²) in [5.74, 6) is 0.458. The molecule has 32 heavy (non-hydrogen) atoms. The van der Waals surface area contributed by atoms with E-state index in [-0.39, 0.29) is 40.5 Å². The number of carbonyl (C=O) groups excluding carboxylic acids is 2. The van der Waals surface area contributed by atoms with Crippen LogP contribution in [0.3, 0.4) is 0 Å². The van der Waals surface area contributed by atoms with Crippen molar-refractivity contribution in [3.63, 3.8) is 0 Å². The van der Waals surface area contributed by atoms with Gasteiger partial charge in [0, 0.05) is 26.2 Å². The zero-order chi connectivity index (χ0) is 23.2. The fourth-order valence-corrected chi connectivity index (χ4v) is 4.52. The zero-order valence-corrected chi connectivity index (χ0v) is 20.2. The molecule has 4 heterocycles. The van der Waals surface area contributed by atoms with Gasteiger partial charge in [0.25, 0.3) is 5.91 Å². The van der Waals surface area contributed by atoms with Gasteiger partial charge in [0.15, 0.2) is 10.9 Å². The Kier molecular flexibility index (Phi) is 6.35. The van der Waals surface area contributed by atoms with Gasteiger partial charge in [-0.3, -0.25) is 4.79 Å². The molecule has 4 rings (SSSR count). The minimum atomic E-state index is -0.597. The first-order valence-corrected chi connectivity index (χ1v) is 11.5. The van der Waals surface area contributed by atoms with Gasteiger partial charge in [-0.15, -0.1) is 0 Å². The van der Waals surface area contributed by atoms with E-state index in [0.29, 0.717) is 50.8 Å². The number of piperazine rings is 1. The largest absolute Gasteiger partial charge is 0.489 e. The maximum Gasteiger partial charge on any atom is 0.410 e. The average molecular weight is 487 g/mol. The number of pyridine rings is 1. The van der Waals surface area contributed by atoms with Gasteiger partial charge < -0.3 is 28.9 Å². The molecule has 2 fully saturated rings. The Morgan fingerprint density at radius 1 is 1.16 bits per heavy atom. The van der Waals surface area contributed by atoms with Gasteiger partial charge in [0.1, 0.15) is 28.6 Å². The van der Waals surface area contributed by atoms with Crippen LogP contribution >= 0.6 is 23.2 Å². The molecule has 0 unspecified atom stereocenters. The second kappa shape index (κ2) is 8.76. The maximum atomic E-state index is 13.7. The Hall–Kier alpha value is -1.97. The van der Waals surface area contributed by atoms with Crippen molar-refractivity contribution < 1.29 is 23.8 Å². The van der Waals surface area contributed by atoms with Crippen LogP contribution in [0.25, 0.3) is 0 Å². The lowest BCUT2D eigenvalue weighted by atomic mass is 10.1. The molecule has 9 nitrogen and oxygen atoms in total. The molecule has 2 saturated heterocycles. The molecule has 0 aromatic carbocycles. The summed E-state index contributed by atoms with van der Waals surface area (Å²) in [6.45, 7) is 10.3. The number of hydrogen-bond acceptors (Lipinski definition) is 7. The molecule has 3 aliphatic heterocycles. The van der Waals surface area contributed by atoms with E-state index in [1.54, 1.807) is 9.80 Å². The number of nitrogens with zero attached hydrogens (tertiary/aromatic N) is 4. The molecule has 1 aromatic rings. The summed E-state index contributed by atoms with van der Waals surface area (Å²) < 4.78 is 17.1. The van der Waals surface area contributed by atoms with E-state index >= 15 is 0 Å². The average Bonchev–Trinajstić information content (AvgIpc) is 2.87. The van der Waals surface area contributed by atoms with Gasteiger partial charge in [-0.2, -0.15) is 0 Å². The van der Waals surface area contributed by atoms with Crippen molar-refractivity contribution in [3.8, 4) is 5.75 Å². The lowest BCUT2D eigenvalue weighted by Gasteiger charge is -2.40. The maximum absolute atomic E-state index is 13.7. The highest BCUT2D eigenvalue weighted by atomic mass is 35.5. The molecule has 11 heteroatoms. The molecule has 0 aliphatic carbocycles. The van der Waals surface area contributed by atoms with Crippen molar-refractivity contribution in [2.24, 2.45) is 0 Å². The molecular formula is C21H28Cl2N4O5. The first kappa shape index (κ1) is 23.2. The number of morpholine rings is 1. The van der Waals surface area contributed by atoms with Crippen molar-refractivity contribution >= 4 is 41.0 Å². The topological polar surface area (TPSA) is 84.4 Å². The van der Waals surface area contributed by atoms with E-state index in [9.17, 15) is 9.59 Å². The van der Waals surface area contributed by atoms with Gasteiger partial charge in [-0.25, -0.2) is 9.78 Å². The molecule has 0 spiro atoms. The van der Waals surface area contributed by atoms with Crippen LogP contribution in [0, 0.1) is 0 Å². The molecule has 1 aromatic heterocycles. The van der Waals surface area contributed by atoms with Crippen LogP contribution in [0.5, 0.6) is 5.75 Å². The van der Waals surface area contributed by atoms with E-state index in [2.05, 4.69) is 4.98 Å². The van der Waals surface area contributed by atoms with E-state index in [1.165, 1.54) is 0 Å². The zero-order valence-electron chi connectivity index (χ0n) is 18.7. The highest BCUT2D eigenvalue weighted by Gasteiger charge is 2.41. The number of amides is 2. The fraction of sp³-hybridized carbons (Fsp3) is 0.667. The second-order valence-electron chi connectivity index (χ2n) is 9.25. The van der Waals surface area contributed by atoms with Crippen LogP contribution in [-0.4, -0.2) is 90.5 Å².